The summed E-state index contributed by atoms with van der Waals surface area (Å²) in [6, 6.07) is 2.49. The van der Waals surface area contributed by atoms with Crippen molar-refractivity contribution in [1.29, 1.82) is 0 Å². The zero-order valence-electron chi connectivity index (χ0n) is 19.2. The number of ketones is 1. The van der Waals surface area contributed by atoms with Crippen molar-refractivity contribution in [2.75, 3.05) is 19.6 Å². The predicted molar refractivity (Wildman–Crippen MR) is 122 cm³/mol. The Hall–Kier alpha value is -2.46. The first-order valence-corrected chi connectivity index (χ1v) is 11.7. The van der Waals surface area contributed by atoms with Crippen LogP contribution in [-0.4, -0.2) is 85.8 Å². The van der Waals surface area contributed by atoms with Crippen molar-refractivity contribution in [2.24, 2.45) is 17.8 Å². The number of amides is 1. The second kappa shape index (κ2) is 8.96. The van der Waals surface area contributed by atoms with E-state index in [9.17, 15) is 34.8 Å². The Bertz CT molecular complexity index is 1090. The molecule has 0 radical (unpaired) electrons. The highest BCUT2D eigenvalue weighted by molar-refractivity contribution is 6.34. The maximum Gasteiger partial charge on any atom is 0.352 e. The number of carbonyl (C=O) groups excluding carboxylic acids is 2. The molecule has 0 aromatic heterocycles. The number of β-lactam (4-membered cyclic amide) rings is 1. The molecular formula is C24H29ClN2O7. The highest BCUT2D eigenvalue weighted by Crippen LogP contribution is 2.47. The number of hydrogen-bond donors (Lipinski definition) is 4. The van der Waals surface area contributed by atoms with Crippen LogP contribution in [0.4, 0.5) is 0 Å². The number of aliphatic hydroxyl groups excluding tert-OH is 2. The van der Waals surface area contributed by atoms with E-state index in [0.717, 1.165) is 0 Å². The van der Waals surface area contributed by atoms with Gasteiger partial charge in [0.05, 0.1) is 29.2 Å². The number of phenols is 1. The number of carboxylic acids is 1. The number of β-amino-alcohol motifs (C(OH)–C–C–N with tert-alkyl or cyclic N) is 1. The monoisotopic (exact) mass is 492 g/mol. The molecule has 0 aliphatic carbocycles. The molecule has 3 aliphatic rings. The largest absolute Gasteiger partial charge is 0.508 e. The average molecular weight is 493 g/mol. The first-order valence-electron chi connectivity index (χ1n) is 11.3. The minimum atomic E-state index is -1.19. The number of carbonyl (C=O) groups is 3. The molecule has 1 aromatic carbocycles. The van der Waals surface area contributed by atoms with Gasteiger partial charge in [0.25, 0.3) is 0 Å². The molecule has 3 aliphatic heterocycles. The second-order valence-electron chi connectivity index (χ2n) is 9.65. The van der Waals surface area contributed by atoms with Crippen LogP contribution in [0.5, 0.6) is 5.75 Å². The zero-order chi connectivity index (χ0) is 25.1. The normalized spacial score (nSPS) is 29.9. The first-order chi connectivity index (χ1) is 15.9. The topological polar surface area (TPSA) is 139 Å². The summed E-state index contributed by atoms with van der Waals surface area (Å²) in [7, 11) is 0. The summed E-state index contributed by atoms with van der Waals surface area (Å²) in [6.45, 7) is 5.90. The third-order valence-corrected chi connectivity index (χ3v) is 7.99. The van der Waals surface area contributed by atoms with Crippen LogP contribution in [0.2, 0.25) is 5.02 Å². The fourth-order valence-corrected chi connectivity index (χ4v) is 5.87. The molecule has 0 bridgehead atoms. The van der Waals surface area contributed by atoms with Crippen LogP contribution in [0.15, 0.2) is 23.4 Å². The number of fused-ring (bicyclic) bond motifs is 1. The number of carboxylic acid groups (broad SMARTS) is 1. The highest BCUT2D eigenvalue weighted by atomic mass is 35.5. The third kappa shape index (κ3) is 3.90. The van der Waals surface area contributed by atoms with Crippen LogP contribution in [0.25, 0.3) is 0 Å². The van der Waals surface area contributed by atoms with Crippen LogP contribution in [-0.2, 0) is 9.59 Å². The van der Waals surface area contributed by atoms with E-state index in [1.54, 1.807) is 6.92 Å². The number of nitrogens with zero attached hydrogens (tertiary/aromatic N) is 2. The molecule has 0 saturated carbocycles. The quantitative estimate of drug-likeness (QED) is 0.331. The lowest BCUT2D eigenvalue weighted by molar-refractivity contribution is -0.163. The lowest BCUT2D eigenvalue weighted by atomic mass is 9.77. The molecule has 2 fully saturated rings. The minimum Gasteiger partial charge on any atom is -0.508 e. The molecule has 4 rings (SSSR count). The molecule has 34 heavy (non-hydrogen) atoms. The van der Waals surface area contributed by atoms with Gasteiger partial charge >= 0.3 is 5.97 Å². The van der Waals surface area contributed by atoms with E-state index in [1.165, 1.54) is 24.0 Å². The fourth-order valence-electron chi connectivity index (χ4n) is 5.60. The Morgan fingerprint density at radius 1 is 1.26 bits per heavy atom. The van der Waals surface area contributed by atoms with Gasteiger partial charge < -0.3 is 25.3 Å². The van der Waals surface area contributed by atoms with Gasteiger partial charge in [-0.05, 0) is 31.6 Å². The van der Waals surface area contributed by atoms with Crippen LogP contribution >= 0.6 is 11.6 Å². The number of rotatable bonds is 7. The number of phenolic OH excluding ortho intramolecular Hbond substituents is 1. The van der Waals surface area contributed by atoms with E-state index >= 15 is 0 Å². The van der Waals surface area contributed by atoms with Gasteiger partial charge in [-0.2, -0.15) is 0 Å². The molecule has 10 heteroatoms. The Morgan fingerprint density at radius 3 is 2.56 bits per heavy atom. The van der Waals surface area contributed by atoms with Crippen molar-refractivity contribution in [3.63, 3.8) is 0 Å². The van der Waals surface area contributed by atoms with Gasteiger partial charge in [0, 0.05) is 49.0 Å². The predicted octanol–water partition coefficient (Wildman–Crippen LogP) is 1.42. The van der Waals surface area contributed by atoms with Gasteiger partial charge in [0.15, 0.2) is 5.78 Å². The molecule has 0 spiro atoms. The maximum absolute atomic E-state index is 12.9. The Labute approximate surface area is 202 Å². The van der Waals surface area contributed by atoms with Crippen molar-refractivity contribution >= 4 is 29.3 Å². The number of benzene rings is 1. The molecular weight excluding hydrogens is 464 g/mol. The molecule has 3 heterocycles. The number of likely N-dealkylation sites (tertiary alicyclic amines) is 1. The molecule has 184 valence electrons. The lowest BCUT2D eigenvalue weighted by Gasteiger charge is -2.46. The summed E-state index contributed by atoms with van der Waals surface area (Å²) in [4.78, 5) is 40.5. The first kappa shape index (κ1) is 24.7. The maximum atomic E-state index is 12.9. The van der Waals surface area contributed by atoms with Gasteiger partial charge in [-0.3, -0.25) is 14.5 Å². The molecule has 6 atom stereocenters. The summed E-state index contributed by atoms with van der Waals surface area (Å²) in [6.07, 6.45) is -1.60. The SMILES string of the molecule is Cc1c(O)ccc(C(=O)C[C@H]2CN(CC3=C(C(=O)O)N4C(=O)[C@H]([C@@H](C)O)[C@H]4[C@H]3C)C[C@@H]2O)c1Cl. The van der Waals surface area contributed by atoms with E-state index in [4.69, 9.17) is 11.6 Å². The molecule has 2 saturated heterocycles. The van der Waals surface area contributed by atoms with E-state index < -0.39 is 30.1 Å². The molecule has 1 aromatic rings. The number of aliphatic carboxylic acids is 1. The molecule has 1 amide bonds. The van der Waals surface area contributed by atoms with Crippen LogP contribution in [0.1, 0.15) is 36.2 Å². The summed E-state index contributed by atoms with van der Waals surface area (Å²) in [5, 5.41) is 40.4. The number of halogens is 1. The van der Waals surface area contributed by atoms with Gasteiger partial charge in [-0.25, -0.2) is 4.79 Å². The van der Waals surface area contributed by atoms with Crippen LogP contribution < -0.4 is 0 Å². The van der Waals surface area contributed by atoms with Gasteiger partial charge in [0.2, 0.25) is 5.91 Å². The van der Waals surface area contributed by atoms with Crippen molar-refractivity contribution in [1.82, 2.24) is 9.80 Å². The Balaban J connectivity index is 1.48. The number of hydrogen-bond acceptors (Lipinski definition) is 7. The number of aliphatic hydroxyl groups is 2. The third-order valence-electron chi connectivity index (χ3n) is 7.50. The summed E-state index contributed by atoms with van der Waals surface area (Å²) < 4.78 is 0. The van der Waals surface area contributed by atoms with Crippen LogP contribution in [0.3, 0.4) is 0 Å². The molecule has 9 nitrogen and oxygen atoms in total. The van der Waals surface area contributed by atoms with Gasteiger partial charge in [-0.1, -0.05) is 18.5 Å². The summed E-state index contributed by atoms with van der Waals surface area (Å²) >= 11 is 6.23. The van der Waals surface area contributed by atoms with E-state index in [0.29, 0.717) is 17.7 Å². The smallest absolute Gasteiger partial charge is 0.352 e. The van der Waals surface area contributed by atoms with Gasteiger partial charge in [-0.15, -0.1) is 0 Å². The van der Waals surface area contributed by atoms with Crippen molar-refractivity contribution in [2.45, 2.75) is 45.4 Å². The summed E-state index contributed by atoms with van der Waals surface area (Å²) in [5.74, 6) is -3.06. The standard InChI is InChI=1S/C24H29ClN2O7/c1-10-15(22(24(33)34)27-21(10)19(12(3)28)23(27)32)8-26-7-13(18(31)9-26)6-17(30)14-4-5-16(29)11(2)20(14)25/h4-5,10,12-13,18-19,21,28-29,31H,6-9H2,1-3H3,(H,33,34)/t10-,12+,13-,18-,19+,21+/m0/s1. The molecule has 0 unspecified atom stereocenters. The number of Topliss-reactive ketones (excluding diaryl/α,β-unsaturated/α-hetero) is 1. The van der Waals surface area contributed by atoms with Crippen LogP contribution in [0, 0.1) is 24.7 Å². The van der Waals surface area contributed by atoms with Crippen molar-refractivity contribution < 1.29 is 34.8 Å². The number of aromatic hydroxyl groups is 1. The van der Waals surface area contributed by atoms with Crippen molar-refractivity contribution in [3.8, 4) is 5.75 Å². The summed E-state index contributed by atoms with van der Waals surface area (Å²) in [5.41, 5.74) is 1.25. The van der Waals surface area contributed by atoms with E-state index in [-0.39, 0.29) is 65.1 Å². The van der Waals surface area contributed by atoms with Gasteiger partial charge in [0.1, 0.15) is 11.4 Å². The highest BCUT2D eigenvalue weighted by Gasteiger charge is 2.59. The fraction of sp³-hybridized carbons (Fsp3) is 0.542. The average Bonchev–Trinajstić information content (AvgIpc) is 3.21. The van der Waals surface area contributed by atoms with Crippen molar-refractivity contribution in [3.05, 3.63) is 39.6 Å². The molecule has 4 N–H and O–H groups in total. The van der Waals surface area contributed by atoms with E-state index in [1.807, 2.05) is 11.8 Å². The Morgan fingerprint density at radius 2 is 1.94 bits per heavy atom. The Kier molecular flexibility index (Phi) is 6.50. The zero-order valence-corrected chi connectivity index (χ0v) is 20.0. The lowest BCUT2D eigenvalue weighted by Crippen LogP contribution is -2.63. The van der Waals surface area contributed by atoms with E-state index in [2.05, 4.69) is 0 Å². The second-order valence-corrected chi connectivity index (χ2v) is 10.0. The minimum absolute atomic E-state index is 0.00263.